The number of hydrogen-bond donors (Lipinski definition) is 0. The minimum absolute atomic E-state index is 0.146. The zero-order valence-corrected chi connectivity index (χ0v) is 14.9. The Morgan fingerprint density at radius 2 is 2.04 bits per heavy atom. The SMILES string of the molecule is Cc1nn(-c2ccccc2Cl)c(Cl)c1/C=C(\C#N)C(=O)OC(C)C. The number of benzene rings is 1. The number of halogens is 2. The third-order valence-corrected chi connectivity index (χ3v) is 3.78. The molecule has 24 heavy (non-hydrogen) atoms. The lowest BCUT2D eigenvalue weighted by molar-refractivity contribution is -0.142. The summed E-state index contributed by atoms with van der Waals surface area (Å²) >= 11 is 12.6. The predicted octanol–water partition coefficient (Wildman–Crippen LogP) is 4.35. The van der Waals surface area contributed by atoms with E-state index in [-0.39, 0.29) is 16.8 Å². The van der Waals surface area contributed by atoms with Crippen molar-refractivity contribution in [2.45, 2.75) is 26.9 Å². The van der Waals surface area contributed by atoms with Crippen molar-refractivity contribution in [1.29, 1.82) is 5.26 Å². The van der Waals surface area contributed by atoms with Crippen LogP contribution in [0.2, 0.25) is 10.2 Å². The summed E-state index contributed by atoms with van der Waals surface area (Å²) in [6.45, 7) is 5.15. The van der Waals surface area contributed by atoms with Gasteiger partial charge in [-0.15, -0.1) is 0 Å². The Morgan fingerprint density at radius 3 is 2.62 bits per heavy atom. The van der Waals surface area contributed by atoms with Gasteiger partial charge in [-0.25, -0.2) is 9.48 Å². The Morgan fingerprint density at radius 1 is 1.38 bits per heavy atom. The number of hydrogen-bond acceptors (Lipinski definition) is 4. The summed E-state index contributed by atoms with van der Waals surface area (Å²) in [5.74, 6) is -0.700. The molecule has 0 amide bonds. The normalized spacial score (nSPS) is 11.5. The van der Waals surface area contributed by atoms with E-state index in [9.17, 15) is 10.1 Å². The maximum Gasteiger partial charge on any atom is 0.349 e. The van der Waals surface area contributed by atoms with E-state index in [0.717, 1.165) is 0 Å². The van der Waals surface area contributed by atoms with E-state index >= 15 is 0 Å². The van der Waals surface area contributed by atoms with Crippen LogP contribution < -0.4 is 0 Å². The largest absolute Gasteiger partial charge is 0.459 e. The molecule has 0 fully saturated rings. The number of nitriles is 1. The Labute approximate surface area is 150 Å². The van der Waals surface area contributed by atoms with Crippen LogP contribution in [0.4, 0.5) is 0 Å². The van der Waals surface area contributed by atoms with Gasteiger partial charge in [-0.1, -0.05) is 35.3 Å². The fraction of sp³-hybridized carbons (Fsp3) is 0.235. The molecular weight excluding hydrogens is 349 g/mol. The van der Waals surface area contributed by atoms with Crippen molar-refractivity contribution in [2.75, 3.05) is 0 Å². The van der Waals surface area contributed by atoms with E-state index in [4.69, 9.17) is 27.9 Å². The second-order valence-corrected chi connectivity index (χ2v) is 6.04. The summed E-state index contributed by atoms with van der Waals surface area (Å²) in [4.78, 5) is 11.9. The molecule has 0 aliphatic rings. The van der Waals surface area contributed by atoms with Crippen LogP contribution in [0.5, 0.6) is 0 Å². The Bertz CT molecular complexity index is 848. The number of carbonyl (C=O) groups excluding carboxylic acids is 1. The molecule has 0 atom stereocenters. The number of para-hydroxylation sites is 1. The van der Waals surface area contributed by atoms with Gasteiger partial charge in [-0.05, 0) is 39.0 Å². The fourth-order valence-corrected chi connectivity index (χ4v) is 2.55. The number of esters is 1. The number of ether oxygens (including phenoxy) is 1. The van der Waals surface area contributed by atoms with E-state index in [1.54, 1.807) is 39.0 Å². The molecule has 0 bridgehead atoms. The van der Waals surface area contributed by atoms with Crippen LogP contribution in [0.15, 0.2) is 29.8 Å². The highest BCUT2D eigenvalue weighted by Gasteiger charge is 2.18. The molecule has 124 valence electrons. The highest BCUT2D eigenvalue weighted by Crippen LogP contribution is 2.29. The maximum atomic E-state index is 11.9. The lowest BCUT2D eigenvalue weighted by Gasteiger charge is -2.07. The van der Waals surface area contributed by atoms with Crippen molar-refractivity contribution in [3.05, 3.63) is 51.3 Å². The molecule has 7 heteroatoms. The molecule has 2 aromatic rings. The topological polar surface area (TPSA) is 67.9 Å². The van der Waals surface area contributed by atoms with Crippen molar-refractivity contribution in [2.24, 2.45) is 0 Å². The van der Waals surface area contributed by atoms with E-state index in [1.165, 1.54) is 10.8 Å². The van der Waals surface area contributed by atoms with Gasteiger partial charge in [-0.3, -0.25) is 0 Å². The fourth-order valence-electron chi connectivity index (χ4n) is 2.02. The minimum atomic E-state index is -0.700. The summed E-state index contributed by atoms with van der Waals surface area (Å²) < 4.78 is 6.51. The van der Waals surface area contributed by atoms with Gasteiger partial charge in [0.15, 0.2) is 0 Å². The predicted molar refractivity (Wildman–Crippen MR) is 93.1 cm³/mol. The number of aryl methyl sites for hydroxylation is 1. The second-order valence-electron chi connectivity index (χ2n) is 5.28. The van der Waals surface area contributed by atoms with Gasteiger partial charge >= 0.3 is 5.97 Å². The van der Waals surface area contributed by atoms with Crippen molar-refractivity contribution in [3.8, 4) is 11.8 Å². The van der Waals surface area contributed by atoms with Crippen molar-refractivity contribution >= 4 is 35.2 Å². The third-order valence-electron chi connectivity index (χ3n) is 3.10. The first-order chi connectivity index (χ1) is 11.3. The van der Waals surface area contributed by atoms with Gasteiger partial charge in [0, 0.05) is 5.56 Å². The molecule has 1 aromatic heterocycles. The van der Waals surface area contributed by atoms with E-state index in [2.05, 4.69) is 5.10 Å². The molecule has 0 saturated heterocycles. The minimum Gasteiger partial charge on any atom is -0.459 e. The van der Waals surface area contributed by atoms with Crippen LogP contribution >= 0.6 is 23.2 Å². The van der Waals surface area contributed by atoms with Crippen molar-refractivity contribution < 1.29 is 9.53 Å². The van der Waals surface area contributed by atoms with Crippen LogP contribution in [0.1, 0.15) is 25.1 Å². The molecule has 0 radical (unpaired) electrons. The summed E-state index contributed by atoms with van der Waals surface area (Å²) in [7, 11) is 0. The van der Waals surface area contributed by atoms with Gasteiger partial charge in [0.05, 0.1) is 22.5 Å². The Kier molecular flexibility index (Phi) is 5.66. The summed E-state index contributed by atoms with van der Waals surface area (Å²) in [6.07, 6.45) is 1.06. The number of nitrogens with zero attached hydrogens (tertiary/aromatic N) is 3. The van der Waals surface area contributed by atoms with Crippen LogP contribution in [-0.4, -0.2) is 21.9 Å². The zero-order chi connectivity index (χ0) is 17.9. The molecular formula is C17H15Cl2N3O2. The van der Waals surface area contributed by atoms with Gasteiger partial charge in [-0.2, -0.15) is 10.4 Å². The van der Waals surface area contributed by atoms with E-state index in [1.807, 2.05) is 12.1 Å². The molecule has 0 aliphatic carbocycles. The molecule has 1 aromatic carbocycles. The quantitative estimate of drug-likeness (QED) is 0.460. The van der Waals surface area contributed by atoms with Gasteiger partial charge in [0.1, 0.15) is 16.8 Å². The first-order valence-electron chi connectivity index (χ1n) is 7.18. The third kappa shape index (κ3) is 3.78. The highest BCUT2D eigenvalue weighted by atomic mass is 35.5. The molecule has 0 saturated carbocycles. The zero-order valence-electron chi connectivity index (χ0n) is 13.4. The molecule has 0 aliphatic heterocycles. The average Bonchev–Trinajstić information content (AvgIpc) is 2.79. The average molecular weight is 364 g/mol. The molecule has 2 rings (SSSR count). The summed E-state index contributed by atoms with van der Waals surface area (Å²) in [5, 5.41) is 14.3. The molecule has 5 nitrogen and oxygen atoms in total. The smallest absolute Gasteiger partial charge is 0.349 e. The second kappa shape index (κ2) is 7.52. The molecule has 0 N–H and O–H groups in total. The number of carbonyl (C=O) groups is 1. The highest BCUT2D eigenvalue weighted by molar-refractivity contribution is 6.33. The monoisotopic (exact) mass is 363 g/mol. The van der Waals surface area contributed by atoms with Crippen molar-refractivity contribution in [3.63, 3.8) is 0 Å². The van der Waals surface area contributed by atoms with Gasteiger partial charge in [0.25, 0.3) is 0 Å². The lowest BCUT2D eigenvalue weighted by atomic mass is 10.1. The molecule has 0 spiro atoms. The molecule has 0 unspecified atom stereocenters. The van der Waals surface area contributed by atoms with Crippen LogP contribution in [-0.2, 0) is 9.53 Å². The maximum absolute atomic E-state index is 11.9. The van der Waals surface area contributed by atoms with Gasteiger partial charge < -0.3 is 4.74 Å². The number of rotatable bonds is 4. The van der Waals surface area contributed by atoms with E-state index in [0.29, 0.717) is 22.0 Å². The Hall–Kier alpha value is -2.29. The van der Waals surface area contributed by atoms with E-state index < -0.39 is 5.97 Å². The van der Waals surface area contributed by atoms with Crippen LogP contribution in [0.25, 0.3) is 11.8 Å². The van der Waals surface area contributed by atoms with Crippen LogP contribution in [0, 0.1) is 18.3 Å². The van der Waals surface area contributed by atoms with Crippen molar-refractivity contribution in [1.82, 2.24) is 9.78 Å². The standard InChI is InChI=1S/C17H15Cl2N3O2/c1-10(2)24-17(23)12(9-20)8-13-11(3)21-22(16(13)19)15-7-5-4-6-14(15)18/h4-8,10H,1-3H3/b12-8+. The summed E-state index contributed by atoms with van der Waals surface area (Å²) in [6, 6.07) is 8.94. The first kappa shape index (κ1) is 18.1. The lowest BCUT2D eigenvalue weighted by Crippen LogP contribution is -2.12. The van der Waals surface area contributed by atoms with Gasteiger partial charge in [0.2, 0.25) is 0 Å². The Balaban J connectivity index is 2.50. The molecule has 1 heterocycles. The summed E-state index contributed by atoms with van der Waals surface area (Å²) in [5.41, 5.74) is 1.49. The number of aromatic nitrogens is 2. The first-order valence-corrected chi connectivity index (χ1v) is 7.93. The van der Waals surface area contributed by atoms with Crippen LogP contribution in [0.3, 0.4) is 0 Å².